The zero-order valence-electron chi connectivity index (χ0n) is 13.6. The van der Waals surface area contributed by atoms with Crippen molar-refractivity contribution in [3.63, 3.8) is 0 Å². The molecule has 0 amide bonds. The number of benzene rings is 2. The molecule has 122 valence electrons. The largest absolute Gasteiger partial charge is 0.493 e. The fraction of sp³-hybridized carbons (Fsp3) is 0.278. The summed E-state index contributed by atoms with van der Waals surface area (Å²) in [5.41, 5.74) is 8.83. The van der Waals surface area contributed by atoms with Gasteiger partial charge in [0.2, 0.25) is 0 Å². The molecule has 0 saturated heterocycles. The third kappa shape index (κ3) is 4.60. The molecular weight excluding hydrogens is 310 g/mol. The Hall–Kier alpha value is -2.27. The van der Waals surface area contributed by atoms with E-state index in [9.17, 15) is 0 Å². The molecule has 2 N–H and O–H groups in total. The Bertz CT molecular complexity index is 701. The van der Waals surface area contributed by atoms with Gasteiger partial charge in [-0.25, -0.2) is 0 Å². The lowest BCUT2D eigenvalue weighted by molar-refractivity contribution is 0.211. The van der Waals surface area contributed by atoms with Crippen molar-refractivity contribution in [2.75, 3.05) is 20.3 Å². The number of ether oxygens (including phenoxy) is 3. The highest BCUT2D eigenvalue weighted by Gasteiger charge is 2.07. The van der Waals surface area contributed by atoms with E-state index in [0.29, 0.717) is 29.7 Å². The second-order valence-corrected chi connectivity index (χ2v) is 5.61. The monoisotopic (exact) mass is 331 g/mol. The molecule has 0 aromatic heterocycles. The Morgan fingerprint density at radius 2 is 1.70 bits per heavy atom. The Kier molecular flexibility index (Phi) is 5.82. The first-order valence-electron chi connectivity index (χ1n) is 7.32. The van der Waals surface area contributed by atoms with Gasteiger partial charge in [0.25, 0.3) is 0 Å². The Morgan fingerprint density at radius 1 is 0.957 bits per heavy atom. The van der Waals surface area contributed by atoms with E-state index in [0.717, 1.165) is 11.3 Å². The molecule has 0 aliphatic heterocycles. The lowest BCUT2D eigenvalue weighted by atomic mass is 10.1. The molecule has 0 aliphatic rings. The van der Waals surface area contributed by atoms with Gasteiger partial charge in [-0.05, 0) is 55.3 Å². The summed E-state index contributed by atoms with van der Waals surface area (Å²) >= 11 is 4.98. The van der Waals surface area contributed by atoms with Gasteiger partial charge in [0, 0.05) is 5.56 Å². The maximum absolute atomic E-state index is 5.73. The summed E-state index contributed by atoms with van der Waals surface area (Å²) in [6.45, 7) is 4.96. The third-order valence-corrected chi connectivity index (χ3v) is 3.77. The van der Waals surface area contributed by atoms with Crippen molar-refractivity contribution in [2.24, 2.45) is 5.73 Å². The minimum atomic E-state index is 0.323. The first-order chi connectivity index (χ1) is 11.0. The number of aryl methyl sites for hydroxylation is 2. The molecule has 2 rings (SSSR count). The normalized spacial score (nSPS) is 10.2. The summed E-state index contributed by atoms with van der Waals surface area (Å²) in [6, 6.07) is 11.4. The number of nitrogens with two attached hydrogens (primary N) is 1. The summed E-state index contributed by atoms with van der Waals surface area (Å²) in [4.78, 5) is 0.323. The number of methoxy groups -OCH3 is 1. The van der Waals surface area contributed by atoms with Gasteiger partial charge in [-0.15, -0.1) is 0 Å². The van der Waals surface area contributed by atoms with Crippen LogP contribution in [0.2, 0.25) is 0 Å². The minimum absolute atomic E-state index is 0.323. The third-order valence-electron chi connectivity index (χ3n) is 3.54. The average molecular weight is 331 g/mol. The quantitative estimate of drug-likeness (QED) is 0.622. The van der Waals surface area contributed by atoms with Gasteiger partial charge in [0.05, 0.1) is 7.11 Å². The van der Waals surface area contributed by atoms with E-state index in [1.807, 2.05) is 18.2 Å². The number of hydrogen-bond acceptors (Lipinski definition) is 4. The van der Waals surface area contributed by atoms with Gasteiger partial charge in [-0.2, -0.15) is 0 Å². The van der Waals surface area contributed by atoms with Gasteiger partial charge < -0.3 is 19.9 Å². The van der Waals surface area contributed by atoms with E-state index >= 15 is 0 Å². The Balaban J connectivity index is 1.94. The van der Waals surface area contributed by atoms with Crippen LogP contribution in [-0.2, 0) is 0 Å². The highest BCUT2D eigenvalue weighted by Crippen LogP contribution is 2.28. The zero-order valence-corrected chi connectivity index (χ0v) is 14.4. The van der Waals surface area contributed by atoms with Crippen molar-refractivity contribution in [1.82, 2.24) is 0 Å². The number of hydrogen-bond donors (Lipinski definition) is 1. The standard InChI is InChI=1S/C18H21NO3S/c1-12-4-6-15(10-13(12)2)21-8-9-22-17-11-14(18(19)23)5-7-16(17)20-3/h4-7,10-11H,8-9H2,1-3H3,(H2,19,23). The van der Waals surface area contributed by atoms with Crippen LogP contribution in [0.15, 0.2) is 36.4 Å². The van der Waals surface area contributed by atoms with E-state index in [1.165, 1.54) is 11.1 Å². The van der Waals surface area contributed by atoms with Crippen molar-refractivity contribution in [1.29, 1.82) is 0 Å². The molecule has 0 heterocycles. The molecule has 4 nitrogen and oxygen atoms in total. The van der Waals surface area contributed by atoms with Crippen molar-refractivity contribution in [3.05, 3.63) is 53.1 Å². The number of thiocarbonyl (C=S) groups is 1. The Morgan fingerprint density at radius 3 is 2.35 bits per heavy atom. The Labute approximate surface area is 142 Å². The van der Waals surface area contributed by atoms with E-state index in [4.69, 9.17) is 32.2 Å². The summed E-state index contributed by atoms with van der Waals surface area (Å²) in [6.07, 6.45) is 0. The fourth-order valence-corrected chi connectivity index (χ4v) is 2.18. The molecule has 0 fully saturated rings. The van der Waals surface area contributed by atoms with Crippen LogP contribution in [0.4, 0.5) is 0 Å². The van der Waals surface area contributed by atoms with E-state index in [-0.39, 0.29) is 0 Å². The molecule has 2 aromatic carbocycles. The molecule has 2 aromatic rings. The highest BCUT2D eigenvalue weighted by molar-refractivity contribution is 7.80. The zero-order chi connectivity index (χ0) is 16.8. The van der Waals surface area contributed by atoms with Gasteiger partial charge in [-0.3, -0.25) is 0 Å². The average Bonchev–Trinajstić information content (AvgIpc) is 2.54. The molecule has 0 saturated carbocycles. The van der Waals surface area contributed by atoms with Crippen LogP contribution in [0.3, 0.4) is 0 Å². The summed E-state index contributed by atoms with van der Waals surface area (Å²) < 4.78 is 16.7. The molecule has 23 heavy (non-hydrogen) atoms. The first kappa shape index (κ1) is 17.1. The van der Waals surface area contributed by atoms with Crippen molar-refractivity contribution < 1.29 is 14.2 Å². The van der Waals surface area contributed by atoms with Crippen molar-refractivity contribution in [2.45, 2.75) is 13.8 Å². The predicted molar refractivity (Wildman–Crippen MR) is 95.8 cm³/mol. The van der Waals surface area contributed by atoms with Crippen LogP contribution in [0.1, 0.15) is 16.7 Å². The van der Waals surface area contributed by atoms with Crippen LogP contribution in [0.25, 0.3) is 0 Å². The van der Waals surface area contributed by atoms with Crippen LogP contribution >= 0.6 is 12.2 Å². The van der Waals surface area contributed by atoms with Crippen LogP contribution in [-0.4, -0.2) is 25.3 Å². The lowest BCUT2D eigenvalue weighted by Gasteiger charge is -2.13. The van der Waals surface area contributed by atoms with E-state index in [2.05, 4.69) is 13.8 Å². The minimum Gasteiger partial charge on any atom is -0.493 e. The molecule has 0 bridgehead atoms. The summed E-state index contributed by atoms with van der Waals surface area (Å²) in [5, 5.41) is 0. The van der Waals surface area contributed by atoms with E-state index in [1.54, 1.807) is 25.3 Å². The van der Waals surface area contributed by atoms with Crippen LogP contribution < -0.4 is 19.9 Å². The van der Waals surface area contributed by atoms with Crippen molar-refractivity contribution >= 4 is 17.2 Å². The molecule has 0 atom stereocenters. The first-order valence-corrected chi connectivity index (χ1v) is 7.73. The van der Waals surface area contributed by atoms with Gasteiger partial charge in [-0.1, -0.05) is 18.3 Å². The SMILES string of the molecule is COc1ccc(C(N)=S)cc1OCCOc1ccc(C)c(C)c1. The highest BCUT2D eigenvalue weighted by atomic mass is 32.1. The fourth-order valence-electron chi connectivity index (χ4n) is 2.06. The molecule has 0 radical (unpaired) electrons. The molecule has 0 spiro atoms. The van der Waals surface area contributed by atoms with Gasteiger partial charge in [0.15, 0.2) is 11.5 Å². The molecule has 0 unspecified atom stereocenters. The second kappa shape index (κ2) is 7.83. The number of rotatable bonds is 7. The predicted octanol–water partition coefficient (Wildman–Crippen LogP) is 3.40. The maximum atomic E-state index is 5.73. The van der Waals surface area contributed by atoms with Gasteiger partial charge in [0.1, 0.15) is 24.0 Å². The van der Waals surface area contributed by atoms with Gasteiger partial charge >= 0.3 is 0 Å². The molecule has 0 aliphatic carbocycles. The maximum Gasteiger partial charge on any atom is 0.162 e. The van der Waals surface area contributed by atoms with Crippen LogP contribution in [0, 0.1) is 13.8 Å². The molecule has 5 heteroatoms. The summed E-state index contributed by atoms with van der Waals surface area (Å²) in [5.74, 6) is 2.07. The summed E-state index contributed by atoms with van der Waals surface area (Å²) in [7, 11) is 1.59. The lowest BCUT2D eigenvalue weighted by Crippen LogP contribution is -2.12. The smallest absolute Gasteiger partial charge is 0.162 e. The van der Waals surface area contributed by atoms with Crippen LogP contribution in [0.5, 0.6) is 17.2 Å². The topological polar surface area (TPSA) is 53.7 Å². The van der Waals surface area contributed by atoms with E-state index < -0.39 is 0 Å². The second-order valence-electron chi connectivity index (χ2n) is 5.17. The molecular formula is C18H21NO3S. The van der Waals surface area contributed by atoms with Crippen molar-refractivity contribution in [3.8, 4) is 17.2 Å².